The quantitative estimate of drug-likeness (QED) is 0.333. The van der Waals surface area contributed by atoms with E-state index in [1.165, 1.54) is 23.1 Å². The zero-order valence-corrected chi connectivity index (χ0v) is 21.5. The Labute approximate surface area is 222 Å². The fraction of sp³-hybridized carbons (Fsp3) is 0.148. The molecule has 3 aromatic carbocycles. The van der Waals surface area contributed by atoms with Crippen LogP contribution in [0.1, 0.15) is 28.4 Å². The summed E-state index contributed by atoms with van der Waals surface area (Å²) < 4.78 is 25.5. The molecule has 0 bridgehead atoms. The van der Waals surface area contributed by atoms with E-state index in [1.54, 1.807) is 55.6 Å². The number of hydrogen-bond acceptors (Lipinski definition) is 6. The van der Waals surface area contributed by atoms with Crippen LogP contribution in [-0.4, -0.2) is 40.7 Å². The van der Waals surface area contributed by atoms with Gasteiger partial charge in [-0.25, -0.2) is 14.2 Å². The number of aromatic carboxylic acids is 1. The summed E-state index contributed by atoms with van der Waals surface area (Å²) in [5.74, 6) is -1.08. The van der Waals surface area contributed by atoms with E-state index < -0.39 is 5.97 Å². The van der Waals surface area contributed by atoms with Crippen LogP contribution in [0.25, 0.3) is 6.08 Å². The standard InChI is InChI=1S/C27H22ClFN2O5S/c1-3-35-22-12-16(11-20(28)24(22)36-15-18-7-4-5-10-21(18)29)13-23-25(32)31(2)27(37-23)30-19-9-6-8-17(14-19)26(33)34/h4-14H,3,15H2,1-2H3,(H,33,34)/b23-13-,30-27?. The number of carboxylic acids is 1. The molecule has 7 nitrogen and oxygen atoms in total. The van der Waals surface area contributed by atoms with Crippen LogP contribution in [0.4, 0.5) is 10.1 Å². The molecule has 0 aromatic heterocycles. The fourth-order valence-electron chi connectivity index (χ4n) is 3.46. The minimum atomic E-state index is -1.06. The highest BCUT2D eigenvalue weighted by atomic mass is 35.5. The number of ether oxygens (including phenoxy) is 2. The van der Waals surface area contributed by atoms with E-state index in [4.69, 9.17) is 21.1 Å². The summed E-state index contributed by atoms with van der Waals surface area (Å²) in [7, 11) is 1.59. The van der Waals surface area contributed by atoms with Crippen LogP contribution >= 0.6 is 23.4 Å². The van der Waals surface area contributed by atoms with Gasteiger partial charge < -0.3 is 14.6 Å². The number of amides is 1. The molecular formula is C27H22ClFN2O5S. The molecule has 190 valence electrons. The molecule has 1 fully saturated rings. The molecule has 1 N–H and O–H groups in total. The molecule has 0 atom stereocenters. The number of aliphatic imine (C=N–C) groups is 1. The number of halogens is 2. The number of rotatable bonds is 8. The lowest BCUT2D eigenvalue weighted by molar-refractivity contribution is -0.121. The van der Waals surface area contributed by atoms with Gasteiger partial charge in [0, 0.05) is 12.6 Å². The first-order valence-corrected chi connectivity index (χ1v) is 12.4. The van der Waals surface area contributed by atoms with Gasteiger partial charge in [0.25, 0.3) is 5.91 Å². The maximum absolute atomic E-state index is 14.0. The summed E-state index contributed by atoms with van der Waals surface area (Å²) >= 11 is 7.65. The summed E-state index contributed by atoms with van der Waals surface area (Å²) in [4.78, 5) is 30.3. The first kappa shape index (κ1) is 26.2. The largest absolute Gasteiger partial charge is 0.490 e. The maximum atomic E-state index is 14.0. The van der Waals surface area contributed by atoms with E-state index in [0.29, 0.717) is 39.2 Å². The number of benzene rings is 3. The van der Waals surface area contributed by atoms with E-state index >= 15 is 0 Å². The first-order chi connectivity index (χ1) is 17.8. The molecular weight excluding hydrogens is 519 g/mol. The molecule has 0 aliphatic carbocycles. The fourth-order valence-corrected chi connectivity index (χ4v) is 4.72. The predicted molar refractivity (Wildman–Crippen MR) is 142 cm³/mol. The highest BCUT2D eigenvalue weighted by Gasteiger charge is 2.30. The van der Waals surface area contributed by atoms with Gasteiger partial charge in [-0.05, 0) is 66.7 Å². The molecule has 3 aromatic rings. The smallest absolute Gasteiger partial charge is 0.335 e. The van der Waals surface area contributed by atoms with Gasteiger partial charge >= 0.3 is 5.97 Å². The highest BCUT2D eigenvalue weighted by Crippen LogP contribution is 2.40. The molecule has 0 unspecified atom stereocenters. The van der Waals surface area contributed by atoms with Crippen LogP contribution in [-0.2, 0) is 11.4 Å². The number of carbonyl (C=O) groups is 2. The highest BCUT2D eigenvalue weighted by molar-refractivity contribution is 8.18. The monoisotopic (exact) mass is 540 g/mol. The summed E-state index contributed by atoms with van der Waals surface area (Å²) in [6.07, 6.45) is 1.66. The second-order valence-corrected chi connectivity index (χ2v) is 9.28. The van der Waals surface area contributed by atoms with Crippen molar-refractivity contribution in [3.63, 3.8) is 0 Å². The number of hydrogen-bond donors (Lipinski definition) is 1. The van der Waals surface area contributed by atoms with Gasteiger partial charge in [-0.3, -0.25) is 9.69 Å². The molecule has 1 heterocycles. The lowest BCUT2D eigenvalue weighted by Crippen LogP contribution is -2.23. The van der Waals surface area contributed by atoms with Crippen molar-refractivity contribution in [3.8, 4) is 11.5 Å². The number of carboxylic acid groups (broad SMARTS) is 1. The zero-order chi connectivity index (χ0) is 26.5. The van der Waals surface area contributed by atoms with Crippen molar-refractivity contribution < 1.29 is 28.6 Å². The normalized spacial score (nSPS) is 15.5. The topological polar surface area (TPSA) is 88.4 Å². The number of likely N-dealkylation sites (N-methyl/N-ethyl adjacent to an activating group) is 1. The summed E-state index contributed by atoms with van der Waals surface area (Å²) in [6, 6.07) is 15.8. The summed E-state index contributed by atoms with van der Waals surface area (Å²) in [5, 5.41) is 9.85. The number of nitrogens with zero attached hydrogens (tertiary/aromatic N) is 2. The Morgan fingerprint density at radius 3 is 2.68 bits per heavy atom. The van der Waals surface area contributed by atoms with Gasteiger partial charge in [0.05, 0.1) is 27.8 Å². The van der Waals surface area contributed by atoms with E-state index in [-0.39, 0.29) is 34.7 Å². The average molecular weight is 541 g/mol. The third kappa shape index (κ3) is 6.12. The Morgan fingerprint density at radius 1 is 1.16 bits per heavy atom. The Hall–Kier alpha value is -3.82. The minimum absolute atomic E-state index is 0.0328. The van der Waals surface area contributed by atoms with Gasteiger partial charge in [-0.2, -0.15) is 0 Å². The average Bonchev–Trinajstić information content (AvgIpc) is 3.12. The lowest BCUT2D eigenvalue weighted by atomic mass is 10.1. The molecule has 37 heavy (non-hydrogen) atoms. The molecule has 4 rings (SSSR count). The van der Waals surface area contributed by atoms with E-state index in [9.17, 15) is 19.1 Å². The molecule has 0 radical (unpaired) electrons. The van der Waals surface area contributed by atoms with Crippen molar-refractivity contribution in [2.45, 2.75) is 13.5 Å². The van der Waals surface area contributed by atoms with Crippen molar-refractivity contribution in [1.82, 2.24) is 4.90 Å². The van der Waals surface area contributed by atoms with Crippen molar-refractivity contribution in [1.29, 1.82) is 0 Å². The Kier molecular flexibility index (Phi) is 8.15. The van der Waals surface area contributed by atoms with Crippen LogP contribution in [0.2, 0.25) is 5.02 Å². The van der Waals surface area contributed by atoms with Crippen LogP contribution < -0.4 is 9.47 Å². The van der Waals surface area contributed by atoms with Gasteiger partial charge in [0.2, 0.25) is 0 Å². The molecule has 10 heteroatoms. The van der Waals surface area contributed by atoms with Crippen LogP contribution in [0.15, 0.2) is 70.6 Å². The van der Waals surface area contributed by atoms with Gasteiger partial charge in [0.15, 0.2) is 16.7 Å². The molecule has 1 amide bonds. The third-order valence-corrected chi connectivity index (χ3v) is 6.62. The summed E-state index contributed by atoms with van der Waals surface area (Å²) in [6.45, 7) is 2.12. The molecule has 1 aliphatic rings. The van der Waals surface area contributed by atoms with Crippen LogP contribution in [0.3, 0.4) is 0 Å². The molecule has 1 aliphatic heterocycles. The minimum Gasteiger partial charge on any atom is -0.490 e. The van der Waals surface area contributed by atoms with Crippen LogP contribution in [0.5, 0.6) is 11.5 Å². The van der Waals surface area contributed by atoms with Crippen molar-refractivity contribution in [3.05, 3.63) is 93.1 Å². The van der Waals surface area contributed by atoms with Crippen molar-refractivity contribution in [2.24, 2.45) is 4.99 Å². The lowest BCUT2D eigenvalue weighted by Gasteiger charge is -2.15. The molecule has 0 spiro atoms. The predicted octanol–water partition coefficient (Wildman–Crippen LogP) is 6.39. The Bertz CT molecular complexity index is 1430. The van der Waals surface area contributed by atoms with E-state index in [1.807, 2.05) is 6.92 Å². The second-order valence-electron chi connectivity index (χ2n) is 7.87. The Balaban J connectivity index is 1.60. The first-order valence-electron chi connectivity index (χ1n) is 11.2. The van der Waals surface area contributed by atoms with E-state index in [2.05, 4.69) is 4.99 Å². The van der Waals surface area contributed by atoms with Gasteiger partial charge in [-0.1, -0.05) is 35.9 Å². The maximum Gasteiger partial charge on any atom is 0.335 e. The van der Waals surface area contributed by atoms with E-state index in [0.717, 1.165) is 11.8 Å². The number of amidine groups is 1. The molecule has 1 saturated heterocycles. The third-order valence-electron chi connectivity index (χ3n) is 5.28. The summed E-state index contributed by atoms with van der Waals surface area (Å²) in [5.41, 5.74) is 1.50. The second kappa shape index (κ2) is 11.5. The number of carbonyl (C=O) groups excluding carboxylic acids is 1. The zero-order valence-electron chi connectivity index (χ0n) is 19.9. The number of thioether (sulfide) groups is 1. The van der Waals surface area contributed by atoms with Crippen LogP contribution in [0, 0.1) is 5.82 Å². The molecule has 0 saturated carbocycles. The van der Waals surface area contributed by atoms with Gasteiger partial charge in [-0.15, -0.1) is 0 Å². The van der Waals surface area contributed by atoms with Crippen molar-refractivity contribution in [2.75, 3.05) is 13.7 Å². The van der Waals surface area contributed by atoms with Gasteiger partial charge in [0.1, 0.15) is 12.4 Å². The Morgan fingerprint density at radius 2 is 1.95 bits per heavy atom. The SMILES string of the molecule is CCOc1cc(/C=C2\SC(=Nc3cccc(C(=O)O)c3)N(C)C2=O)cc(Cl)c1OCc1ccccc1F. The van der Waals surface area contributed by atoms with Crippen molar-refractivity contribution >= 4 is 52.2 Å².